The van der Waals surface area contributed by atoms with Crippen molar-refractivity contribution in [2.24, 2.45) is 0 Å². The summed E-state index contributed by atoms with van der Waals surface area (Å²) >= 11 is 0. The van der Waals surface area contributed by atoms with Crippen LogP contribution >= 0.6 is 0 Å². The Labute approximate surface area is 490 Å². The summed E-state index contributed by atoms with van der Waals surface area (Å²) in [6, 6.07) is 38.5. The number of unbranched alkanes of at least 4 members (excludes halogenated alkanes) is 6. The molecule has 2 aromatic heterocycles. The fourth-order valence-electron chi connectivity index (χ4n) is 9.53. The number of halogens is 2. The summed E-state index contributed by atoms with van der Waals surface area (Å²) in [5, 5.41) is 24.9. The molecule has 8 aromatic rings. The van der Waals surface area contributed by atoms with E-state index in [1.807, 2.05) is 36.4 Å². The van der Waals surface area contributed by atoms with Crippen LogP contribution in [0, 0.1) is 11.6 Å². The first-order valence-electron chi connectivity index (χ1n) is 29.3. The number of hydrogen-bond acceptors (Lipinski definition) is 16. The summed E-state index contributed by atoms with van der Waals surface area (Å²) in [6.45, 7) is 15.8. The Morgan fingerprint density at radius 3 is 1.06 bits per heavy atom. The number of benzene rings is 6. The third-order valence-corrected chi connectivity index (χ3v) is 14.3. The fraction of sp³-hybridized carbons (Fsp3) is 0.364. The number of nitrogens with zero attached hydrogens (tertiary/aromatic N) is 8. The highest BCUT2D eigenvalue weighted by molar-refractivity contribution is 5.73. The predicted molar refractivity (Wildman–Crippen MR) is 325 cm³/mol. The molecule has 3 fully saturated rings. The van der Waals surface area contributed by atoms with E-state index in [1.54, 1.807) is 42.5 Å². The van der Waals surface area contributed by atoms with E-state index in [4.69, 9.17) is 38.6 Å². The molecule has 0 amide bonds. The molecule has 0 atom stereocenters. The van der Waals surface area contributed by atoms with Gasteiger partial charge in [0.25, 0.3) is 0 Å². The lowest BCUT2D eigenvalue weighted by molar-refractivity contribution is 0.109. The van der Waals surface area contributed by atoms with Gasteiger partial charge in [-0.15, -0.1) is 0 Å². The van der Waals surface area contributed by atoms with Gasteiger partial charge in [0.2, 0.25) is 0 Å². The number of rotatable bonds is 20. The van der Waals surface area contributed by atoms with Gasteiger partial charge in [-0.25, -0.2) is 38.7 Å². The molecule has 0 radical (unpaired) electrons. The molecule has 0 bridgehead atoms. The number of hydrogen-bond donors (Lipinski definition) is 3. The van der Waals surface area contributed by atoms with Crippen molar-refractivity contribution in [3.63, 3.8) is 0 Å². The molecular formula is C66H75F2N9O7. The van der Waals surface area contributed by atoms with E-state index in [0.29, 0.717) is 76.1 Å². The number of anilines is 2. The van der Waals surface area contributed by atoms with Crippen LogP contribution in [0.5, 0.6) is 23.0 Å². The van der Waals surface area contributed by atoms with Crippen LogP contribution in [0.25, 0.3) is 68.3 Å². The van der Waals surface area contributed by atoms with Gasteiger partial charge >= 0.3 is 0 Å². The minimum Gasteiger partial charge on any atom is -0.507 e. The van der Waals surface area contributed by atoms with Gasteiger partial charge in [0.05, 0.1) is 64.0 Å². The molecule has 3 aliphatic heterocycles. The largest absolute Gasteiger partial charge is 0.507 e. The number of phenolic OH excluding ortho intramolecular Hbond substituents is 2. The zero-order chi connectivity index (χ0) is 58.3. The third kappa shape index (κ3) is 17.4. The van der Waals surface area contributed by atoms with Crippen LogP contribution in [0.2, 0.25) is 0 Å². The molecule has 0 aliphatic carbocycles. The summed E-state index contributed by atoms with van der Waals surface area (Å²) in [4.78, 5) is 32.7. The molecular weight excluding hydrogens is 1070 g/mol. The van der Waals surface area contributed by atoms with Crippen molar-refractivity contribution in [2.75, 3.05) is 102 Å². The molecule has 0 unspecified atom stereocenters. The SMILES string of the molecule is C1COCCN1.CCCCCCOc1ccc(-c2nc(-c3ccc(F)cc3)nc(-c3ccc(F)cc3)n2)c(O)c1.CCCCCCOc1ccc(-c2nc(-c3ccc(N4CCOCC4)cc3)nc(-c3ccc(N4CCOCC4)cc3)n2)c(O)c1. The summed E-state index contributed by atoms with van der Waals surface area (Å²) in [5.41, 5.74) is 6.14. The van der Waals surface area contributed by atoms with Crippen LogP contribution in [0.4, 0.5) is 20.2 Å². The first-order chi connectivity index (χ1) is 41.2. The van der Waals surface area contributed by atoms with E-state index in [2.05, 4.69) is 68.2 Å². The monoisotopic (exact) mass is 1140 g/mol. The average Bonchev–Trinajstić information content (AvgIpc) is 3.69. The van der Waals surface area contributed by atoms with Gasteiger partial charge < -0.3 is 49.0 Å². The molecule has 6 aromatic carbocycles. The minimum atomic E-state index is -0.375. The molecule has 11 rings (SSSR count). The smallest absolute Gasteiger partial charge is 0.167 e. The molecule has 0 spiro atoms. The van der Waals surface area contributed by atoms with Crippen molar-refractivity contribution >= 4 is 11.4 Å². The van der Waals surface area contributed by atoms with E-state index >= 15 is 0 Å². The molecule has 440 valence electrons. The summed E-state index contributed by atoms with van der Waals surface area (Å²) in [5.74, 6) is 2.83. The van der Waals surface area contributed by atoms with Gasteiger partial charge in [0, 0.05) is 85.0 Å². The topological polar surface area (TPSA) is 182 Å². The Morgan fingerprint density at radius 2 is 0.750 bits per heavy atom. The van der Waals surface area contributed by atoms with Gasteiger partial charge in [0.15, 0.2) is 34.9 Å². The maximum absolute atomic E-state index is 13.4. The molecule has 0 saturated carbocycles. The number of phenols is 2. The van der Waals surface area contributed by atoms with Crippen molar-refractivity contribution < 1.29 is 42.7 Å². The van der Waals surface area contributed by atoms with Crippen LogP contribution < -0.4 is 24.6 Å². The third-order valence-electron chi connectivity index (χ3n) is 14.3. The Balaban J connectivity index is 0.000000188. The second-order valence-corrected chi connectivity index (χ2v) is 20.5. The average molecular weight is 1140 g/mol. The summed E-state index contributed by atoms with van der Waals surface area (Å²) in [6.07, 6.45) is 8.88. The molecule has 16 nitrogen and oxygen atoms in total. The number of nitrogens with one attached hydrogen (secondary N) is 1. The van der Waals surface area contributed by atoms with Crippen molar-refractivity contribution in [2.45, 2.75) is 65.2 Å². The minimum absolute atomic E-state index is 0.0348. The first-order valence-corrected chi connectivity index (χ1v) is 29.3. The molecule has 84 heavy (non-hydrogen) atoms. The lowest BCUT2D eigenvalue weighted by Crippen LogP contribution is -2.36. The van der Waals surface area contributed by atoms with Crippen molar-refractivity contribution in [3.05, 3.63) is 145 Å². The van der Waals surface area contributed by atoms with Gasteiger partial charge in [-0.2, -0.15) is 0 Å². The molecule has 3 aliphatic rings. The normalized spacial score (nSPS) is 14.2. The fourth-order valence-corrected chi connectivity index (χ4v) is 9.53. The molecule has 3 saturated heterocycles. The highest BCUT2D eigenvalue weighted by Gasteiger charge is 2.20. The Morgan fingerprint density at radius 1 is 0.417 bits per heavy atom. The summed E-state index contributed by atoms with van der Waals surface area (Å²) in [7, 11) is 0. The van der Waals surface area contributed by atoms with Gasteiger partial charge in [-0.3, -0.25) is 0 Å². The number of ether oxygens (including phenoxy) is 5. The Hall–Kier alpha value is -8.16. The highest BCUT2D eigenvalue weighted by Crippen LogP contribution is 2.36. The van der Waals surface area contributed by atoms with Crippen molar-refractivity contribution in [3.8, 4) is 91.3 Å². The van der Waals surface area contributed by atoms with Crippen LogP contribution in [-0.2, 0) is 14.2 Å². The number of morpholine rings is 3. The van der Waals surface area contributed by atoms with E-state index in [0.717, 1.165) is 134 Å². The maximum Gasteiger partial charge on any atom is 0.167 e. The quantitative estimate of drug-likeness (QED) is 0.0612. The first kappa shape index (κ1) is 60.4. The number of aromatic nitrogens is 6. The van der Waals surface area contributed by atoms with Crippen LogP contribution in [0.15, 0.2) is 133 Å². The number of aromatic hydroxyl groups is 2. The molecule has 5 heterocycles. The van der Waals surface area contributed by atoms with Gasteiger partial charge in [-0.05, 0) is 134 Å². The van der Waals surface area contributed by atoms with E-state index in [-0.39, 0.29) is 29.0 Å². The second kappa shape index (κ2) is 31.5. The molecule has 3 N–H and O–H groups in total. The van der Waals surface area contributed by atoms with E-state index in [1.165, 1.54) is 49.6 Å². The van der Waals surface area contributed by atoms with Crippen LogP contribution in [0.1, 0.15) is 65.2 Å². The summed E-state index contributed by atoms with van der Waals surface area (Å²) < 4.78 is 54.5. The van der Waals surface area contributed by atoms with Crippen LogP contribution in [0.3, 0.4) is 0 Å². The zero-order valence-corrected chi connectivity index (χ0v) is 48.0. The Kier molecular flexibility index (Phi) is 22.7. The zero-order valence-electron chi connectivity index (χ0n) is 48.0. The maximum atomic E-state index is 13.4. The van der Waals surface area contributed by atoms with Gasteiger partial charge in [-0.1, -0.05) is 52.4 Å². The van der Waals surface area contributed by atoms with Crippen molar-refractivity contribution in [1.82, 2.24) is 35.2 Å². The van der Waals surface area contributed by atoms with E-state index < -0.39 is 0 Å². The van der Waals surface area contributed by atoms with E-state index in [9.17, 15) is 19.0 Å². The van der Waals surface area contributed by atoms with Gasteiger partial charge in [0.1, 0.15) is 34.6 Å². The predicted octanol–water partition coefficient (Wildman–Crippen LogP) is 12.6. The van der Waals surface area contributed by atoms with Crippen LogP contribution in [-0.4, -0.2) is 132 Å². The second-order valence-electron chi connectivity index (χ2n) is 20.5. The van der Waals surface area contributed by atoms with Crippen molar-refractivity contribution in [1.29, 1.82) is 0 Å². The Bertz CT molecular complexity index is 3140. The standard InChI is InChI=1S/C35H41N5O4.C27H25F2N3O2.C4H9NO/c1-2-3-4-5-20-44-30-14-15-31(32(41)25-30)35-37-33(26-6-10-28(11-7-26)39-16-21-42-22-17-39)36-34(38-35)27-8-12-29(13-9-27)40-18-23-43-24-19-40;1-2-3-4-5-16-34-22-14-15-23(24(33)17-22)27-31-25(18-6-10-20(28)11-7-18)30-26(32-27)19-8-12-21(29)13-9-19;1-3-6-4-2-5-1/h6-15,25,41H,2-5,16-24H2,1H3;6-15,17,33H,2-5,16H2,1H3;5H,1-4H2. The molecule has 18 heteroatoms. The highest BCUT2D eigenvalue weighted by atomic mass is 19.1. The lowest BCUT2D eigenvalue weighted by Gasteiger charge is -2.29. The lowest BCUT2D eigenvalue weighted by atomic mass is 10.1.